The number of ether oxygens (including phenoxy) is 2. The largest absolute Gasteiger partial charge is 0.484 e. The molecule has 4 heteroatoms. The molecule has 0 bridgehead atoms. The third kappa shape index (κ3) is 4.70. The van der Waals surface area contributed by atoms with Crippen LogP contribution >= 0.6 is 0 Å². The minimum absolute atomic E-state index is 0.0604. The van der Waals surface area contributed by atoms with Gasteiger partial charge in [0.1, 0.15) is 5.75 Å². The third-order valence-electron chi connectivity index (χ3n) is 4.23. The fourth-order valence-electron chi connectivity index (χ4n) is 2.89. The number of carbonyl (C=O) groups excluding carboxylic acids is 1. The normalized spacial score (nSPS) is 17.3. The molecule has 1 fully saturated rings. The first-order valence-electron chi connectivity index (χ1n) is 8.27. The average molecular weight is 313 g/mol. The van der Waals surface area contributed by atoms with Crippen molar-refractivity contribution in [1.82, 2.24) is 5.32 Å². The van der Waals surface area contributed by atoms with E-state index >= 15 is 0 Å². The Hall–Kier alpha value is -2.07. The predicted molar refractivity (Wildman–Crippen MR) is 90.6 cm³/mol. The molecule has 0 unspecified atom stereocenters. The van der Waals surface area contributed by atoms with Gasteiger partial charge in [0.25, 0.3) is 5.91 Å². The van der Waals surface area contributed by atoms with Gasteiger partial charge in [-0.2, -0.15) is 0 Å². The summed E-state index contributed by atoms with van der Waals surface area (Å²) >= 11 is 0. The summed E-state index contributed by atoms with van der Waals surface area (Å²) in [5, 5.41) is 5.19. The van der Waals surface area contributed by atoms with Gasteiger partial charge in [0.2, 0.25) is 0 Å². The second-order valence-electron chi connectivity index (χ2n) is 6.02. The van der Waals surface area contributed by atoms with Crippen LogP contribution in [0.15, 0.2) is 42.5 Å². The van der Waals surface area contributed by atoms with Crippen LogP contribution in [-0.4, -0.2) is 32.3 Å². The molecular weight excluding hydrogens is 290 g/mol. The molecule has 1 heterocycles. The van der Waals surface area contributed by atoms with Crippen LogP contribution in [0.25, 0.3) is 10.8 Å². The molecule has 0 aliphatic carbocycles. The number of hydrogen-bond donors (Lipinski definition) is 1. The summed E-state index contributed by atoms with van der Waals surface area (Å²) in [7, 11) is 0. The van der Waals surface area contributed by atoms with Crippen LogP contribution in [0.5, 0.6) is 5.75 Å². The molecule has 0 saturated carbocycles. The summed E-state index contributed by atoms with van der Waals surface area (Å²) in [6.45, 7) is 2.52. The zero-order valence-corrected chi connectivity index (χ0v) is 13.3. The van der Waals surface area contributed by atoms with Gasteiger partial charge in [0, 0.05) is 19.8 Å². The summed E-state index contributed by atoms with van der Waals surface area (Å²) in [5.74, 6) is 1.32. The maximum Gasteiger partial charge on any atom is 0.257 e. The number of benzene rings is 2. The average Bonchev–Trinajstić information content (AvgIpc) is 3.10. The van der Waals surface area contributed by atoms with Crippen LogP contribution in [0.4, 0.5) is 0 Å². The van der Waals surface area contributed by atoms with E-state index in [1.54, 1.807) is 0 Å². The number of hydrogen-bond acceptors (Lipinski definition) is 3. The number of fused-ring (bicyclic) bond motifs is 1. The summed E-state index contributed by atoms with van der Waals surface area (Å²) in [6.07, 6.45) is 3.26. The maximum absolute atomic E-state index is 11.8. The molecule has 23 heavy (non-hydrogen) atoms. The topological polar surface area (TPSA) is 47.6 Å². The summed E-state index contributed by atoms with van der Waals surface area (Å²) in [5.41, 5.74) is 0. The first-order chi connectivity index (χ1) is 11.3. The van der Waals surface area contributed by atoms with E-state index in [-0.39, 0.29) is 12.5 Å². The predicted octanol–water partition coefficient (Wildman–Crippen LogP) is 3.15. The summed E-state index contributed by atoms with van der Waals surface area (Å²) < 4.78 is 10.9. The van der Waals surface area contributed by atoms with Gasteiger partial charge in [0.15, 0.2) is 6.61 Å². The molecule has 0 radical (unpaired) electrons. The van der Waals surface area contributed by atoms with Crippen molar-refractivity contribution in [2.45, 2.75) is 19.3 Å². The van der Waals surface area contributed by atoms with Gasteiger partial charge in [-0.25, -0.2) is 0 Å². The van der Waals surface area contributed by atoms with Gasteiger partial charge in [-0.3, -0.25) is 4.79 Å². The Morgan fingerprint density at radius 2 is 2.09 bits per heavy atom. The lowest BCUT2D eigenvalue weighted by Crippen LogP contribution is -2.29. The smallest absolute Gasteiger partial charge is 0.257 e. The van der Waals surface area contributed by atoms with Crippen LogP contribution in [0.1, 0.15) is 19.3 Å². The highest BCUT2D eigenvalue weighted by atomic mass is 16.5. The standard InChI is InChI=1S/C19H23NO3/c21-19(20-10-3-4-15-9-11-22-13-15)14-23-18-8-7-16-5-1-2-6-17(16)12-18/h1-2,5-8,12,15H,3-4,9-11,13-14H2,(H,20,21)/t15-/m1/s1. The molecule has 2 aromatic carbocycles. The fraction of sp³-hybridized carbons (Fsp3) is 0.421. The Labute approximate surface area is 136 Å². The van der Waals surface area contributed by atoms with Gasteiger partial charge in [-0.05, 0) is 48.1 Å². The minimum atomic E-state index is -0.0687. The maximum atomic E-state index is 11.8. The van der Waals surface area contributed by atoms with E-state index in [1.165, 1.54) is 5.39 Å². The first-order valence-corrected chi connectivity index (χ1v) is 8.27. The highest BCUT2D eigenvalue weighted by Gasteiger charge is 2.14. The Kier molecular flexibility index (Phi) is 5.48. The number of rotatable bonds is 7. The lowest BCUT2D eigenvalue weighted by molar-refractivity contribution is -0.123. The lowest BCUT2D eigenvalue weighted by atomic mass is 10.0. The fourth-order valence-corrected chi connectivity index (χ4v) is 2.89. The van der Waals surface area contributed by atoms with E-state index in [9.17, 15) is 4.79 Å². The van der Waals surface area contributed by atoms with Crippen molar-refractivity contribution in [2.24, 2.45) is 5.92 Å². The molecule has 1 atom stereocenters. The van der Waals surface area contributed by atoms with Crippen molar-refractivity contribution in [3.8, 4) is 5.75 Å². The summed E-state index contributed by atoms with van der Waals surface area (Å²) in [6, 6.07) is 14.0. The zero-order valence-electron chi connectivity index (χ0n) is 13.3. The van der Waals surface area contributed by atoms with Crippen LogP contribution < -0.4 is 10.1 Å². The first kappa shape index (κ1) is 15.8. The number of carbonyl (C=O) groups is 1. The highest BCUT2D eigenvalue weighted by Crippen LogP contribution is 2.20. The molecule has 1 N–H and O–H groups in total. The lowest BCUT2D eigenvalue weighted by Gasteiger charge is -2.10. The van der Waals surface area contributed by atoms with Crippen molar-refractivity contribution in [1.29, 1.82) is 0 Å². The molecule has 0 spiro atoms. The van der Waals surface area contributed by atoms with Crippen LogP contribution in [-0.2, 0) is 9.53 Å². The van der Waals surface area contributed by atoms with E-state index in [4.69, 9.17) is 9.47 Å². The molecule has 1 amide bonds. The Balaban J connectivity index is 1.37. The molecular formula is C19H23NO3. The summed E-state index contributed by atoms with van der Waals surface area (Å²) in [4.78, 5) is 11.8. The molecule has 2 aromatic rings. The Morgan fingerprint density at radius 1 is 1.22 bits per heavy atom. The SMILES string of the molecule is O=C(COc1ccc2ccccc2c1)NCCC[C@@H]1CCOC1. The monoisotopic (exact) mass is 313 g/mol. The Bertz CT molecular complexity index is 650. The van der Waals surface area contributed by atoms with E-state index < -0.39 is 0 Å². The molecule has 3 rings (SSSR count). The zero-order chi connectivity index (χ0) is 15.9. The molecule has 1 aliphatic heterocycles. The molecule has 1 saturated heterocycles. The van der Waals surface area contributed by atoms with Crippen LogP contribution in [0.3, 0.4) is 0 Å². The molecule has 0 aromatic heterocycles. The van der Waals surface area contributed by atoms with Crippen LogP contribution in [0.2, 0.25) is 0 Å². The molecule has 1 aliphatic rings. The van der Waals surface area contributed by atoms with E-state index in [0.29, 0.717) is 12.5 Å². The second kappa shape index (κ2) is 7.97. The molecule has 4 nitrogen and oxygen atoms in total. The van der Waals surface area contributed by atoms with Crippen molar-refractivity contribution >= 4 is 16.7 Å². The molecule has 122 valence electrons. The Morgan fingerprint density at radius 3 is 2.91 bits per heavy atom. The van der Waals surface area contributed by atoms with Gasteiger partial charge in [0.05, 0.1) is 0 Å². The second-order valence-corrected chi connectivity index (χ2v) is 6.02. The quantitative estimate of drug-likeness (QED) is 0.799. The van der Waals surface area contributed by atoms with Crippen molar-refractivity contribution in [3.05, 3.63) is 42.5 Å². The van der Waals surface area contributed by atoms with Gasteiger partial charge in [-0.15, -0.1) is 0 Å². The van der Waals surface area contributed by atoms with Crippen molar-refractivity contribution in [3.63, 3.8) is 0 Å². The van der Waals surface area contributed by atoms with Crippen molar-refractivity contribution in [2.75, 3.05) is 26.4 Å². The minimum Gasteiger partial charge on any atom is -0.484 e. The van der Waals surface area contributed by atoms with E-state index in [0.717, 1.165) is 43.6 Å². The van der Waals surface area contributed by atoms with Crippen LogP contribution in [0, 0.1) is 5.92 Å². The van der Waals surface area contributed by atoms with E-state index in [2.05, 4.69) is 11.4 Å². The number of amides is 1. The van der Waals surface area contributed by atoms with Gasteiger partial charge < -0.3 is 14.8 Å². The van der Waals surface area contributed by atoms with E-state index in [1.807, 2.05) is 36.4 Å². The number of nitrogens with one attached hydrogen (secondary N) is 1. The van der Waals surface area contributed by atoms with Gasteiger partial charge in [-0.1, -0.05) is 30.3 Å². The third-order valence-corrected chi connectivity index (χ3v) is 4.23. The highest BCUT2D eigenvalue weighted by molar-refractivity contribution is 5.84. The van der Waals surface area contributed by atoms with Crippen molar-refractivity contribution < 1.29 is 14.3 Å². The van der Waals surface area contributed by atoms with Gasteiger partial charge >= 0.3 is 0 Å².